The number of hydrogen-bond donors (Lipinski definition) is 0. The highest BCUT2D eigenvalue weighted by molar-refractivity contribution is 6.29. The SMILES string of the molecule is N#Cc1ccc2c(c1)c1ccccc1n2-c1cccc(-c2cccc(-n3c4ccc(C#N)cc4c4c5c6ccccc6n(-c6ccccc6)c5ccc43)c2)c1. The number of nitriles is 2. The summed E-state index contributed by atoms with van der Waals surface area (Å²) in [6.07, 6.45) is 0. The Hall–Kier alpha value is -7.86. The Bertz CT molecular complexity index is 3450. The summed E-state index contributed by atoms with van der Waals surface area (Å²) in [5, 5.41) is 26.4. The van der Waals surface area contributed by atoms with Crippen LogP contribution in [0.25, 0.3) is 93.6 Å². The van der Waals surface area contributed by atoms with Crippen LogP contribution in [0.4, 0.5) is 0 Å². The summed E-state index contributed by atoms with van der Waals surface area (Å²) in [7, 11) is 0. The van der Waals surface area contributed by atoms with Gasteiger partial charge in [0.05, 0.1) is 56.4 Å². The van der Waals surface area contributed by atoms with E-state index < -0.39 is 0 Å². The molecule has 0 saturated heterocycles. The van der Waals surface area contributed by atoms with Gasteiger partial charge in [0.2, 0.25) is 0 Å². The van der Waals surface area contributed by atoms with Gasteiger partial charge in [0.1, 0.15) is 0 Å². The smallest absolute Gasteiger partial charge is 0.0991 e. The van der Waals surface area contributed by atoms with Crippen molar-refractivity contribution in [2.45, 2.75) is 0 Å². The molecule has 0 aliphatic heterocycles. The largest absolute Gasteiger partial charge is 0.309 e. The molecule has 5 nitrogen and oxygen atoms in total. The average molecular weight is 700 g/mol. The molecule has 55 heavy (non-hydrogen) atoms. The molecule has 0 N–H and O–H groups in total. The van der Waals surface area contributed by atoms with Gasteiger partial charge in [0, 0.05) is 49.4 Å². The van der Waals surface area contributed by atoms with E-state index in [0.717, 1.165) is 82.8 Å². The molecule has 0 fully saturated rings. The number of rotatable bonds is 4. The summed E-state index contributed by atoms with van der Waals surface area (Å²) in [6.45, 7) is 0. The van der Waals surface area contributed by atoms with Crippen LogP contribution in [0.1, 0.15) is 11.1 Å². The molecule has 0 aliphatic carbocycles. The van der Waals surface area contributed by atoms with E-state index in [4.69, 9.17) is 0 Å². The third kappa shape index (κ3) is 4.51. The van der Waals surface area contributed by atoms with Crippen molar-refractivity contribution in [2.75, 3.05) is 0 Å². The van der Waals surface area contributed by atoms with Crippen molar-refractivity contribution < 1.29 is 0 Å². The van der Waals surface area contributed by atoms with E-state index in [1.54, 1.807) is 0 Å². The summed E-state index contributed by atoms with van der Waals surface area (Å²) in [4.78, 5) is 0. The zero-order valence-corrected chi connectivity index (χ0v) is 29.5. The number of benzene rings is 8. The molecule has 11 aromatic rings. The quantitative estimate of drug-likeness (QED) is 0.184. The summed E-state index contributed by atoms with van der Waals surface area (Å²) < 4.78 is 6.97. The van der Waals surface area contributed by atoms with Crippen molar-refractivity contribution in [2.24, 2.45) is 0 Å². The van der Waals surface area contributed by atoms with Gasteiger partial charge in [0.25, 0.3) is 0 Å². The van der Waals surface area contributed by atoms with Gasteiger partial charge in [-0.1, -0.05) is 78.9 Å². The molecule has 0 spiro atoms. The monoisotopic (exact) mass is 699 g/mol. The second kappa shape index (κ2) is 11.8. The zero-order valence-electron chi connectivity index (χ0n) is 29.5. The first kappa shape index (κ1) is 30.7. The van der Waals surface area contributed by atoms with Crippen LogP contribution < -0.4 is 0 Å². The van der Waals surface area contributed by atoms with E-state index >= 15 is 0 Å². The van der Waals surface area contributed by atoms with E-state index in [9.17, 15) is 10.5 Å². The summed E-state index contributed by atoms with van der Waals surface area (Å²) in [5.74, 6) is 0. The van der Waals surface area contributed by atoms with Crippen LogP contribution in [0.5, 0.6) is 0 Å². The second-order valence-electron chi connectivity index (χ2n) is 14.0. The summed E-state index contributed by atoms with van der Waals surface area (Å²) in [5.41, 5.74) is 13.2. The van der Waals surface area contributed by atoms with E-state index in [2.05, 4.69) is 171 Å². The number of nitrogens with zero attached hydrogens (tertiary/aromatic N) is 5. The summed E-state index contributed by atoms with van der Waals surface area (Å²) >= 11 is 0. The molecule has 0 atom stereocenters. The fraction of sp³-hybridized carbons (Fsp3) is 0. The molecule has 0 bridgehead atoms. The highest BCUT2D eigenvalue weighted by atomic mass is 15.0. The minimum absolute atomic E-state index is 0.634. The molecule has 0 amide bonds. The third-order valence-corrected chi connectivity index (χ3v) is 11.1. The molecule has 8 aromatic carbocycles. The van der Waals surface area contributed by atoms with Gasteiger partial charge in [-0.25, -0.2) is 0 Å². The van der Waals surface area contributed by atoms with Crippen LogP contribution in [0.3, 0.4) is 0 Å². The van der Waals surface area contributed by atoms with E-state index in [1.807, 2.05) is 30.3 Å². The first-order chi connectivity index (χ1) is 27.2. The predicted octanol–water partition coefficient (Wildman–Crippen LogP) is 12.4. The fourth-order valence-corrected chi connectivity index (χ4v) is 8.74. The van der Waals surface area contributed by atoms with E-state index in [1.165, 1.54) is 10.8 Å². The molecule has 11 rings (SSSR count). The lowest BCUT2D eigenvalue weighted by atomic mass is 10.0. The van der Waals surface area contributed by atoms with Crippen LogP contribution in [0.15, 0.2) is 176 Å². The molecule has 254 valence electrons. The molecule has 3 heterocycles. The zero-order chi connectivity index (χ0) is 36.6. The Morgan fingerprint density at radius 1 is 0.309 bits per heavy atom. The van der Waals surface area contributed by atoms with Gasteiger partial charge < -0.3 is 13.7 Å². The minimum atomic E-state index is 0.634. The standard InChI is InChI=1S/C50H29N5/c51-30-32-20-22-45-41(26-32)39-16-4-6-18-43(39)54(45)37-14-8-10-34(28-37)35-11-9-15-38(29-35)55-46-23-21-33(31-52)27-42(46)50-48(55)25-24-47-49(50)40-17-5-7-19-44(40)53(47)36-12-2-1-3-13-36/h1-29H. The highest BCUT2D eigenvalue weighted by Crippen LogP contribution is 2.43. The number of para-hydroxylation sites is 3. The van der Waals surface area contributed by atoms with Crippen molar-refractivity contribution in [1.29, 1.82) is 10.5 Å². The van der Waals surface area contributed by atoms with E-state index in [-0.39, 0.29) is 0 Å². The Morgan fingerprint density at radius 2 is 0.745 bits per heavy atom. The average Bonchev–Trinajstić information content (AvgIpc) is 3.89. The number of hydrogen-bond acceptors (Lipinski definition) is 2. The maximum Gasteiger partial charge on any atom is 0.0991 e. The van der Waals surface area contributed by atoms with Gasteiger partial charge in [-0.05, 0) is 108 Å². The van der Waals surface area contributed by atoms with Crippen LogP contribution in [-0.2, 0) is 0 Å². The van der Waals surface area contributed by atoms with Gasteiger partial charge >= 0.3 is 0 Å². The maximum absolute atomic E-state index is 10.0. The minimum Gasteiger partial charge on any atom is -0.309 e. The molecule has 0 saturated carbocycles. The van der Waals surface area contributed by atoms with E-state index in [0.29, 0.717) is 11.1 Å². The Kier molecular flexibility index (Phi) is 6.61. The van der Waals surface area contributed by atoms with Crippen LogP contribution >= 0.6 is 0 Å². The molecular weight excluding hydrogens is 671 g/mol. The van der Waals surface area contributed by atoms with Gasteiger partial charge in [-0.15, -0.1) is 0 Å². The van der Waals surface area contributed by atoms with Crippen molar-refractivity contribution in [1.82, 2.24) is 13.7 Å². The predicted molar refractivity (Wildman–Crippen MR) is 224 cm³/mol. The first-order valence-electron chi connectivity index (χ1n) is 18.3. The maximum atomic E-state index is 10.0. The molecular formula is C50H29N5. The topological polar surface area (TPSA) is 62.4 Å². The second-order valence-corrected chi connectivity index (χ2v) is 14.0. The number of aromatic nitrogens is 3. The molecule has 0 unspecified atom stereocenters. The molecule has 0 radical (unpaired) electrons. The van der Waals surface area contributed by atoms with Crippen molar-refractivity contribution in [3.8, 4) is 40.3 Å². The summed E-state index contributed by atoms with van der Waals surface area (Å²) in [6, 6.07) is 66.0. The Balaban J connectivity index is 1.13. The van der Waals surface area contributed by atoms with Crippen molar-refractivity contribution in [3.63, 3.8) is 0 Å². The van der Waals surface area contributed by atoms with Crippen LogP contribution in [-0.4, -0.2) is 13.7 Å². The Labute approximate surface area is 316 Å². The van der Waals surface area contributed by atoms with Crippen LogP contribution in [0, 0.1) is 22.7 Å². The lowest BCUT2D eigenvalue weighted by molar-refractivity contribution is 1.17. The van der Waals surface area contributed by atoms with Gasteiger partial charge in [-0.3, -0.25) is 0 Å². The van der Waals surface area contributed by atoms with Gasteiger partial charge in [-0.2, -0.15) is 10.5 Å². The van der Waals surface area contributed by atoms with Gasteiger partial charge in [0.15, 0.2) is 0 Å². The Morgan fingerprint density at radius 3 is 1.38 bits per heavy atom. The molecule has 3 aromatic heterocycles. The normalized spacial score (nSPS) is 11.6. The van der Waals surface area contributed by atoms with Crippen molar-refractivity contribution >= 4 is 65.4 Å². The molecule has 0 aliphatic rings. The van der Waals surface area contributed by atoms with Crippen molar-refractivity contribution in [3.05, 3.63) is 187 Å². The third-order valence-electron chi connectivity index (χ3n) is 11.1. The first-order valence-corrected chi connectivity index (χ1v) is 18.3. The fourth-order valence-electron chi connectivity index (χ4n) is 8.74. The number of fused-ring (bicyclic) bond motifs is 10. The lowest BCUT2D eigenvalue weighted by Gasteiger charge is -2.13. The lowest BCUT2D eigenvalue weighted by Crippen LogP contribution is -1.96. The molecule has 5 heteroatoms. The van der Waals surface area contributed by atoms with Crippen LogP contribution in [0.2, 0.25) is 0 Å². The highest BCUT2D eigenvalue weighted by Gasteiger charge is 2.21.